The molecule has 0 fully saturated rings. The second kappa shape index (κ2) is 7.04. The first-order valence-electron chi connectivity index (χ1n) is 5.79. The average molecular weight is 332 g/mol. The number of amides is 1. The van der Waals surface area contributed by atoms with Crippen molar-refractivity contribution < 1.29 is 9.00 Å². The predicted octanol–water partition coefficient (Wildman–Crippen LogP) is 2.64. The quantitative estimate of drug-likeness (QED) is 0.901. The molecule has 1 N–H and O–H groups in total. The van der Waals surface area contributed by atoms with Gasteiger partial charge >= 0.3 is 0 Å². The minimum atomic E-state index is -0.836. The third kappa shape index (κ3) is 4.21. The lowest BCUT2D eigenvalue weighted by molar-refractivity contribution is 0.0952. The average Bonchev–Trinajstić information content (AvgIpc) is 2.32. The van der Waals surface area contributed by atoms with Crippen molar-refractivity contribution in [2.45, 2.75) is 25.5 Å². The second-order valence-corrected chi connectivity index (χ2v) is 6.92. The Bertz CT molecular complexity index is 462. The van der Waals surface area contributed by atoms with E-state index in [1.54, 1.807) is 12.3 Å². The van der Waals surface area contributed by atoms with Gasteiger partial charge in [-0.1, -0.05) is 28.9 Å². The lowest BCUT2D eigenvalue weighted by atomic mass is 10.1. The van der Waals surface area contributed by atoms with Gasteiger partial charge in [-0.05, 0) is 31.0 Å². The van der Waals surface area contributed by atoms with Crippen LogP contribution in [0, 0.1) is 6.92 Å². The van der Waals surface area contributed by atoms with Crippen LogP contribution in [0.3, 0.4) is 0 Å². The summed E-state index contributed by atoms with van der Waals surface area (Å²) in [6.45, 7) is 4.38. The maximum atomic E-state index is 12.0. The standard InChI is InChI=1S/C13H18BrNO2S/c1-9(18(3)17)7-8-15-13(16)11-5-4-6-12(14)10(11)2/h4-6,9H,7-8H2,1-3H3,(H,15,16). The van der Waals surface area contributed by atoms with Gasteiger partial charge < -0.3 is 5.32 Å². The number of benzene rings is 1. The molecule has 18 heavy (non-hydrogen) atoms. The largest absolute Gasteiger partial charge is 0.352 e. The van der Waals surface area contributed by atoms with Crippen molar-refractivity contribution in [2.75, 3.05) is 12.8 Å². The number of nitrogens with one attached hydrogen (secondary N) is 1. The molecule has 5 heteroatoms. The van der Waals surface area contributed by atoms with Gasteiger partial charge in [0.1, 0.15) is 0 Å². The molecule has 0 aliphatic carbocycles. The summed E-state index contributed by atoms with van der Waals surface area (Å²) in [6.07, 6.45) is 2.41. The van der Waals surface area contributed by atoms with Crippen LogP contribution in [-0.2, 0) is 10.8 Å². The maximum absolute atomic E-state index is 12.0. The van der Waals surface area contributed by atoms with E-state index < -0.39 is 10.8 Å². The molecule has 1 aromatic rings. The van der Waals surface area contributed by atoms with Crippen LogP contribution in [0.15, 0.2) is 22.7 Å². The highest BCUT2D eigenvalue weighted by Gasteiger charge is 2.11. The third-order valence-corrected chi connectivity index (χ3v) is 5.14. The Balaban J connectivity index is 2.56. The lowest BCUT2D eigenvalue weighted by Crippen LogP contribution is -2.28. The van der Waals surface area contributed by atoms with Crippen LogP contribution in [0.25, 0.3) is 0 Å². The number of carbonyl (C=O) groups excluding carboxylic acids is 1. The Labute approximate surface area is 119 Å². The highest BCUT2D eigenvalue weighted by molar-refractivity contribution is 9.10. The lowest BCUT2D eigenvalue weighted by Gasteiger charge is -2.11. The zero-order valence-electron chi connectivity index (χ0n) is 10.8. The molecule has 0 radical (unpaired) electrons. The van der Waals surface area contributed by atoms with E-state index in [1.807, 2.05) is 26.0 Å². The van der Waals surface area contributed by atoms with Gasteiger partial charge in [0.15, 0.2) is 0 Å². The summed E-state index contributed by atoms with van der Waals surface area (Å²) in [5.74, 6) is -0.0807. The number of carbonyl (C=O) groups is 1. The fraction of sp³-hybridized carbons (Fsp3) is 0.462. The SMILES string of the molecule is Cc1c(Br)cccc1C(=O)NCCC(C)S(C)=O. The van der Waals surface area contributed by atoms with Crippen molar-refractivity contribution in [3.05, 3.63) is 33.8 Å². The van der Waals surface area contributed by atoms with E-state index in [9.17, 15) is 9.00 Å². The smallest absolute Gasteiger partial charge is 0.251 e. The van der Waals surface area contributed by atoms with Gasteiger partial charge in [-0.2, -0.15) is 0 Å². The first kappa shape index (κ1) is 15.4. The van der Waals surface area contributed by atoms with Gasteiger partial charge in [0.25, 0.3) is 5.91 Å². The van der Waals surface area contributed by atoms with Crippen molar-refractivity contribution >= 4 is 32.6 Å². The highest BCUT2D eigenvalue weighted by Crippen LogP contribution is 2.19. The van der Waals surface area contributed by atoms with Crippen LogP contribution in [0.1, 0.15) is 29.3 Å². The van der Waals surface area contributed by atoms with E-state index in [1.165, 1.54) is 0 Å². The molecule has 2 atom stereocenters. The van der Waals surface area contributed by atoms with E-state index in [0.717, 1.165) is 16.5 Å². The van der Waals surface area contributed by atoms with Crippen molar-refractivity contribution in [1.29, 1.82) is 0 Å². The Morgan fingerprint density at radius 1 is 1.50 bits per heavy atom. The first-order valence-corrected chi connectivity index (χ1v) is 8.20. The molecule has 0 aliphatic heterocycles. The van der Waals surface area contributed by atoms with Crippen LogP contribution in [0.2, 0.25) is 0 Å². The van der Waals surface area contributed by atoms with E-state index in [0.29, 0.717) is 12.1 Å². The molecule has 2 unspecified atom stereocenters. The van der Waals surface area contributed by atoms with Crippen molar-refractivity contribution in [3.8, 4) is 0 Å². The summed E-state index contributed by atoms with van der Waals surface area (Å²) in [5.41, 5.74) is 1.61. The Hall–Kier alpha value is -0.680. The van der Waals surface area contributed by atoms with Crippen molar-refractivity contribution in [2.24, 2.45) is 0 Å². The van der Waals surface area contributed by atoms with Gasteiger partial charge in [-0.3, -0.25) is 9.00 Å². The van der Waals surface area contributed by atoms with Crippen molar-refractivity contribution in [3.63, 3.8) is 0 Å². The molecule has 1 rings (SSSR count). The van der Waals surface area contributed by atoms with Crippen LogP contribution >= 0.6 is 15.9 Å². The molecule has 0 aliphatic rings. The zero-order valence-corrected chi connectivity index (χ0v) is 13.2. The summed E-state index contributed by atoms with van der Waals surface area (Å²) in [5, 5.41) is 2.96. The monoisotopic (exact) mass is 331 g/mol. The predicted molar refractivity (Wildman–Crippen MR) is 79.4 cm³/mol. The fourth-order valence-corrected chi connectivity index (χ4v) is 2.32. The van der Waals surface area contributed by atoms with E-state index in [4.69, 9.17) is 0 Å². The number of rotatable bonds is 5. The number of hydrogen-bond donors (Lipinski definition) is 1. The molecule has 1 aromatic carbocycles. The second-order valence-electron chi connectivity index (χ2n) is 4.27. The van der Waals surface area contributed by atoms with Crippen LogP contribution in [-0.4, -0.2) is 28.2 Å². The van der Waals surface area contributed by atoms with Crippen molar-refractivity contribution in [1.82, 2.24) is 5.32 Å². The van der Waals surface area contributed by atoms with E-state index in [-0.39, 0.29) is 11.2 Å². The fourth-order valence-electron chi connectivity index (χ4n) is 1.50. The molecule has 0 saturated heterocycles. The van der Waals surface area contributed by atoms with Crippen LogP contribution < -0.4 is 5.32 Å². The van der Waals surface area contributed by atoms with E-state index in [2.05, 4.69) is 21.2 Å². The van der Waals surface area contributed by atoms with Crippen LogP contribution in [0.5, 0.6) is 0 Å². The number of halogens is 1. The Morgan fingerprint density at radius 3 is 2.78 bits per heavy atom. The Morgan fingerprint density at radius 2 is 2.17 bits per heavy atom. The van der Waals surface area contributed by atoms with E-state index >= 15 is 0 Å². The number of hydrogen-bond acceptors (Lipinski definition) is 2. The summed E-state index contributed by atoms with van der Waals surface area (Å²) < 4.78 is 12.1. The normalized spacial score (nSPS) is 14.0. The van der Waals surface area contributed by atoms with Gasteiger partial charge in [-0.25, -0.2) is 0 Å². The molecule has 0 saturated carbocycles. The molecule has 0 heterocycles. The zero-order chi connectivity index (χ0) is 13.7. The summed E-state index contributed by atoms with van der Waals surface area (Å²) in [4.78, 5) is 12.0. The Kier molecular flexibility index (Phi) is 6.02. The molecule has 1 amide bonds. The molecular weight excluding hydrogens is 314 g/mol. The molecule has 0 bridgehead atoms. The molecular formula is C13H18BrNO2S. The highest BCUT2D eigenvalue weighted by atomic mass is 79.9. The minimum absolute atomic E-state index is 0.0807. The van der Waals surface area contributed by atoms with Gasteiger partial charge in [0.05, 0.1) is 0 Å². The maximum Gasteiger partial charge on any atom is 0.251 e. The van der Waals surface area contributed by atoms with Gasteiger partial charge in [0, 0.05) is 38.9 Å². The third-order valence-electron chi connectivity index (χ3n) is 2.92. The summed E-state index contributed by atoms with van der Waals surface area (Å²) in [6, 6.07) is 5.56. The molecule has 100 valence electrons. The summed E-state index contributed by atoms with van der Waals surface area (Å²) >= 11 is 3.40. The molecule has 0 aromatic heterocycles. The van der Waals surface area contributed by atoms with Gasteiger partial charge in [0.2, 0.25) is 0 Å². The molecule has 0 spiro atoms. The minimum Gasteiger partial charge on any atom is -0.352 e. The topological polar surface area (TPSA) is 46.2 Å². The van der Waals surface area contributed by atoms with Gasteiger partial charge in [-0.15, -0.1) is 0 Å². The first-order chi connectivity index (χ1) is 8.43. The summed E-state index contributed by atoms with van der Waals surface area (Å²) in [7, 11) is -0.836. The molecule has 3 nitrogen and oxygen atoms in total. The van der Waals surface area contributed by atoms with Crippen LogP contribution in [0.4, 0.5) is 0 Å².